The van der Waals surface area contributed by atoms with Gasteiger partial charge in [-0.1, -0.05) is 13.8 Å². The molecule has 0 saturated heterocycles. The Kier molecular flexibility index (Phi) is 3.89. The van der Waals surface area contributed by atoms with Crippen molar-refractivity contribution in [1.29, 1.82) is 0 Å². The van der Waals surface area contributed by atoms with Crippen LogP contribution in [0.5, 0.6) is 0 Å². The van der Waals surface area contributed by atoms with E-state index in [0.29, 0.717) is 6.54 Å². The maximum absolute atomic E-state index is 5.80. The molecule has 14 heavy (non-hydrogen) atoms. The molecule has 0 spiro atoms. The molecule has 0 fully saturated rings. The third-order valence-corrected chi connectivity index (χ3v) is 2.83. The molecule has 78 valence electrons. The Labute approximate surface area is 85.7 Å². The highest BCUT2D eigenvalue weighted by Crippen LogP contribution is 2.20. The number of hydrogen-bond donors (Lipinski definition) is 2. The molecule has 3 heteroatoms. The van der Waals surface area contributed by atoms with Gasteiger partial charge < -0.3 is 11.1 Å². The van der Waals surface area contributed by atoms with Crippen LogP contribution in [-0.2, 0) is 0 Å². The van der Waals surface area contributed by atoms with Crippen molar-refractivity contribution in [1.82, 2.24) is 4.98 Å². The molecular weight excluding hydrogens is 174 g/mol. The molecule has 0 saturated carbocycles. The Morgan fingerprint density at radius 1 is 1.29 bits per heavy atom. The molecule has 0 aromatic carbocycles. The molecule has 0 aliphatic carbocycles. The summed E-state index contributed by atoms with van der Waals surface area (Å²) in [4.78, 5) is 3.98. The highest BCUT2D eigenvalue weighted by atomic mass is 15.0. The van der Waals surface area contributed by atoms with Crippen LogP contribution < -0.4 is 11.1 Å². The molecule has 1 aromatic rings. The first-order chi connectivity index (χ1) is 6.76. The first-order valence-electron chi connectivity index (χ1n) is 5.14. The Morgan fingerprint density at radius 3 is 2.29 bits per heavy atom. The molecule has 3 N–H and O–H groups in total. The van der Waals surface area contributed by atoms with E-state index in [4.69, 9.17) is 5.73 Å². The summed E-state index contributed by atoms with van der Waals surface area (Å²) in [5.41, 5.74) is 6.92. The summed E-state index contributed by atoms with van der Waals surface area (Å²) >= 11 is 0. The van der Waals surface area contributed by atoms with Gasteiger partial charge in [0.05, 0.1) is 0 Å². The smallest absolute Gasteiger partial charge is 0.0490 e. The summed E-state index contributed by atoms with van der Waals surface area (Å²) < 4.78 is 0. The fourth-order valence-electron chi connectivity index (χ4n) is 1.51. The van der Waals surface area contributed by atoms with Crippen LogP contribution in [0.3, 0.4) is 0 Å². The van der Waals surface area contributed by atoms with Crippen molar-refractivity contribution in [3.05, 3.63) is 24.5 Å². The number of nitrogens with zero attached hydrogens (tertiary/aromatic N) is 1. The Bertz CT molecular complexity index is 246. The standard InChI is InChI=1S/C11H19N3/c1-3-11(4-2,9-12)14-10-5-7-13-8-6-10/h5-8H,3-4,9,12H2,1-2H3,(H,13,14). The number of pyridine rings is 1. The van der Waals surface area contributed by atoms with Crippen molar-refractivity contribution in [3.8, 4) is 0 Å². The lowest BCUT2D eigenvalue weighted by Gasteiger charge is -2.32. The Morgan fingerprint density at radius 2 is 1.86 bits per heavy atom. The second-order valence-corrected chi connectivity index (χ2v) is 3.55. The molecule has 1 rings (SSSR count). The summed E-state index contributed by atoms with van der Waals surface area (Å²) in [7, 11) is 0. The molecular formula is C11H19N3. The van der Waals surface area contributed by atoms with E-state index in [0.717, 1.165) is 18.5 Å². The maximum atomic E-state index is 5.80. The van der Waals surface area contributed by atoms with E-state index >= 15 is 0 Å². The van der Waals surface area contributed by atoms with Crippen molar-refractivity contribution < 1.29 is 0 Å². The predicted molar refractivity (Wildman–Crippen MR) is 60.2 cm³/mol. The summed E-state index contributed by atoms with van der Waals surface area (Å²) in [6.45, 7) is 4.97. The van der Waals surface area contributed by atoms with Crippen LogP contribution in [0, 0.1) is 0 Å². The van der Waals surface area contributed by atoms with Gasteiger partial charge in [-0.3, -0.25) is 4.98 Å². The third kappa shape index (κ3) is 2.45. The van der Waals surface area contributed by atoms with Crippen molar-refractivity contribution in [2.75, 3.05) is 11.9 Å². The maximum Gasteiger partial charge on any atom is 0.0490 e. The first kappa shape index (κ1) is 11.0. The Hall–Kier alpha value is -1.09. The zero-order valence-corrected chi connectivity index (χ0v) is 8.96. The predicted octanol–water partition coefficient (Wildman–Crippen LogP) is 2.01. The zero-order chi connectivity index (χ0) is 10.4. The van der Waals surface area contributed by atoms with E-state index in [1.165, 1.54) is 0 Å². The Balaban J connectivity index is 2.74. The van der Waals surface area contributed by atoms with E-state index in [1.54, 1.807) is 12.4 Å². The summed E-state index contributed by atoms with van der Waals surface area (Å²) in [6.07, 6.45) is 5.63. The van der Waals surface area contributed by atoms with Crippen LogP contribution in [0.4, 0.5) is 5.69 Å². The van der Waals surface area contributed by atoms with Gasteiger partial charge in [-0.25, -0.2) is 0 Å². The van der Waals surface area contributed by atoms with E-state index < -0.39 is 0 Å². The summed E-state index contributed by atoms with van der Waals surface area (Å²) in [6, 6.07) is 3.94. The monoisotopic (exact) mass is 193 g/mol. The van der Waals surface area contributed by atoms with Gasteiger partial charge >= 0.3 is 0 Å². The zero-order valence-electron chi connectivity index (χ0n) is 8.96. The van der Waals surface area contributed by atoms with Crippen LogP contribution >= 0.6 is 0 Å². The number of anilines is 1. The average molecular weight is 193 g/mol. The molecule has 0 amide bonds. The number of nitrogens with two attached hydrogens (primary N) is 1. The van der Waals surface area contributed by atoms with Gasteiger partial charge in [-0.2, -0.15) is 0 Å². The van der Waals surface area contributed by atoms with Gasteiger partial charge in [0.2, 0.25) is 0 Å². The van der Waals surface area contributed by atoms with Gasteiger partial charge in [-0.15, -0.1) is 0 Å². The molecule has 0 aliphatic heterocycles. The van der Waals surface area contributed by atoms with Crippen molar-refractivity contribution in [2.24, 2.45) is 5.73 Å². The fraction of sp³-hybridized carbons (Fsp3) is 0.545. The third-order valence-electron chi connectivity index (χ3n) is 2.83. The lowest BCUT2D eigenvalue weighted by atomic mass is 9.92. The second-order valence-electron chi connectivity index (χ2n) is 3.55. The average Bonchev–Trinajstić information content (AvgIpc) is 2.28. The molecule has 0 aliphatic rings. The van der Waals surface area contributed by atoms with Gasteiger partial charge in [0.1, 0.15) is 0 Å². The number of nitrogens with one attached hydrogen (secondary N) is 1. The minimum Gasteiger partial charge on any atom is -0.378 e. The lowest BCUT2D eigenvalue weighted by Crippen LogP contribution is -2.44. The van der Waals surface area contributed by atoms with Gasteiger partial charge in [-0.05, 0) is 25.0 Å². The molecule has 1 aromatic heterocycles. The van der Waals surface area contributed by atoms with Crippen molar-refractivity contribution >= 4 is 5.69 Å². The van der Waals surface area contributed by atoms with Crippen LogP contribution in [0.1, 0.15) is 26.7 Å². The van der Waals surface area contributed by atoms with Crippen LogP contribution in [0.15, 0.2) is 24.5 Å². The second kappa shape index (κ2) is 4.96. The highest BCUT2D eigenvalue weighted by Gasteiger charge is 2.23. The number of rotatable bonds is 5. The number of aromatic nitrogens is 1. The lowest BCUT2D eigenvalue weighted by molar-refractivity contribution is 0.445. The van der Waals surface area contributed by atoms with Gasteiger partial charge in [0, 0.05) is 30.2 Å². The van der Waals surface area contributed by atoms with E-state index in [1.807, 2.05) is 12.1 Å². The van der Waals surface area contributed by atoms with Crippen molar-refractivity contribution in [2.45, 2.75) is 32.2 Å². The summed E-state index contributed by atoms with van der Waals surface area (Å²) in [5.74, 6) is 0. The van der Waals surface area contributed by atoms with Crippen LogP contribution in [0.25, 0.3) is 0 Å². The largest absolute Gasteiger partial charge is 0.378 e. The van der Waals surface area contributed by atoms with Gasteiger partial charge in [0.25, 0.3) is 0 Å². The van der Waals surface area contributed by atoms with E-state index in [9.17, 15) is 0 Å². The minimum absolute atomic E-state index is 0.0291. The quantitative estimate of drug-likeness (QED) is 0.752. The molecule has 0 unspecified atom stereocenters. The molecule has 0 bridgehead atoms. The topological polar surface area (TPSA) is 50.9 Å². The summed E-state index contributed by atoms with van der Waals surface area (Å²) in [5, 5.41) is 3.48. The minimum atomic E-state index is 0.0291. The van der Waals surface area contributed by atoms with E-state index in [-0.39, 0.29) is 5.54 Å². The van der Waals surface area contributed by atoms with Gasteiger partial charge in [0.15, 0.2) is 0 Å². The molecule has 0 radical (unpaired) electrons. The fourth-order valence-corrected chi connectivity index (χ4v) is 1.51. The normalized spacial score (nSPS) is 11.4. The van der Waals surface area contributed by atoms with Crippen LogP contribution in [-0.4, -0.2) is 17.1 Å². The van der Waals surface area contributed by atoms with Crippen LogP contribution in [0.2, 0.25) is 0 Å². The van der Waals surface area contributed by atoms with E-state index in [2.05, 4.69) is 24.1 Å². The highest BCUT2D eigenvalue weighted by molar-refractivity contribution is 5.43. The molecule has 1 heterocycles. The SMILES string of the molecule is CCC(CC)(CN)Nc1ccncc1. The first-order valence-corrected chi connectivity index (χ1v) is 5.14. The number of hydrogen-bond acceptors (Lipinski definition) is 3. The van der Waals surface area contributed by atoms with Crippen molar-refractivity contribution in [3.63, 3.8) is 0 Å². The molecule has 0 atom stereocenters. The molecule has 3 nitrogen and oxygen atoms in total.